The lowest BCUT2D eigenvalue weighted by Crippen LogP contribution is -2.31. The molecule has 5 rings (SSSR count). The Morgan fingerprint density at radius 3 is 2.84 bits per heavy atom. The third-order valence-corrected chi connectivity index (χ3v) is 6.31. The topological polar surface area (TPSA) is 103 Å². The number of rotatable bonds is 7. The van der Waals surface area contributed by atoms with E-state index in [2.05, 4.69) is 37.3 Å². The monoisotopic (exact) mass is 421 g/mol. The molecule has 2 aromatic heterocycles. The first-order valence-electron chi connectivity index (χ1n) is 11.0. The fraction of sp³-hybridized carbons (Fsp3) is 0.455. The maximum Gasteiger partial charge on any atom is 0.353 e. The predicted octanol–water partition coefficient (Wildman–Crippen LogP) is 3.33. The largest absolute Gasteiger partial charge is 0.364 e. The molecule has 0 bridgehead atoms. The van der Waals surface area contributed by atoms with Crippen LogP contribution in [0.2, 0.25) is 0 Å². The van der Waals surface area contributed by atoms with Gasteiger partial charge in [-0.3, -0.25) is 10.1 Å². The summed E-state index contributed by atoms with van der Waals surface area (Å²) < 4.78 is 0. The Hall–Kier alpha value is -3.20. The molecular formula is C22H27N7O2. The van der Waals surface area contributed by atoms with Crippen molar-refractivity contribution in [2.45, 2.75) is 32.2 Å². The van der Waals surface area contributed by atoms with Crippen molar-refractivity contribution in [2.75, 3.05) is 42.9 Å². The van der Waals surface area contributed by atoms with Gasteiger partial charge in [-0.05, 0) is 56.9 Å². The molecule has 2 aliphatic rings. The lowest BCUT2D eigenvalue weighted by Gasteiger charge is -2.28. The highest BCUT2D eigenvalue weighted by molar-refractivity contribution is 5.85. The second-order valence-corrected chi connectivity index (χ2v) is 8.28. The summed E-state index contributed by atoms with van der Waals surface area (Å²) in [7, 11) is 0. The van der Waals surface area contributed by atoms with Gasteiger partial charge in [-0.1, -0.05) is 18.2 Å². The fourth-order valence-corrected chi connectivity index (χ4v) is 4.79. The number of fused-ring (bicyclic) bond motifs is 3. The summed E-state index contributed by atoms with van der Waals surface area (Å²) in [6.45, 7) is 5.22. The molecule has 3 aromatic rings. The van der Waals surface area contributed by atoms with Gasteiger partial charge in [0.2, 0.25) is 11.6 Å². The van der Waals surface area contributed by atoms with E-state index in [-0.39, 0.29) is 10.6 Å². The molecule has 31 heavy (non-hydrogen) atoms. The second kappa shape index (κ2) is 8.50. The number of hydrogen-bond donors (Lipinski definition) is 2. The molecule has 9 nitrogen and oxygen atoms in total. The summed E-state index contributed by atoms with van der Waals surface area (Å²) in [6, 6.07) is 8.24. The van der Waals surface area contributed by atoms with Gasteiger partial charge in [-0.15, -0.1) is 0 Å². The van der Waals surface area contributed by atoms with Crippen LogP contribution < -0.4 is 10.2 Å². The normalized spacial score (nSPS) is 16.6. The Kier molecular flexibility index (Phi) is 5.42. The van der Waals surface area contributed by atoms with Crippen LogP contribution in [-0.4, -0.2) is 57.5 Å². The summed E-state index contributed by atoms with van der Waals surface area (Å²) in [5.41, 5.74) is 3.46. The second-order valence-electron chi connectivity index (χ2n) is 8.28. The first-order valence-corrected chi connectivity index (χ1v) is 11.0. The van der Waals surface area contributed by atoms with E-state index in [1.807, 2.05) is 17.0 Å². The van der Waals surface area contributed by atoms with Gasteiger partial charge in [0.25, 0.3) is 0 Å². The summed E-state index contributed by atoms with van der Waals surface area (Å²) in [6.07, 6.45) is 5.70. The van der Waals surface area contributed by atoms with Gasteiger partial charge >= 0.3 is 5.69 Å². The SMILES string of the molecule is O=[N+]([O-])c1c(NCCCN2CCCC2)ncnc1N1CCc2c([nH]c3ccccc23)C1. The Morgan fingerprint density at radius 2 is 2.00 bits per heavy atom. The van der Waals surface area contributed by atoms with Crippen LogP contribution in [0.25, 0.3) is 10.9 Å². The Morgan fingerprint density at radius 1 is 1.16 bits per heavy atom. The molecule has 1 saturated heterocycles. The number of benzene rings is 1. The van der Waals surface area contributed by atoms with Gasteiger partial charge in [0, 0.05) is 29.7 Å². The average Bonchev–Trinajstić information content (AvgIpc) is 3.43. The maximum atomic E-state index is 12.0. The molecule has 0 atom stereocenters. The highest BCUT2D eigenvalue weighted by Crippen LogP contribution is 2.35. The Balaban J connectivity index is 1.34. The Bertz CT molecular complexity index is 1090. The number of aromatic amines is 1. The van der Waals surface area contributed by atoms with E-state index in [4.69, 9.17) is 0 Å². The quantitative estimate of drug-likeness (QED) is 0.343. The molecular weight excluding hydrogens is 394 g/mol. The number of likely N-dealkylation sites (tertiary alicyclic amines) is 1. The van der Waals surface area contributed by atoms with Crippen molar-refractivity contribution in [3.63, 3.8) is 0 Å². The van der Waals surface area contributed by atoms with Crippen molar-refractivity contribution in [3.05, 3.63) is 52.0 Å². The van der Waals surface area contributed by atoms with Gasteiger partial charge in [0.1, 0.15) is 6.33 Å². The van der Waals surface area contributed by atoms with Crippen molar-refractivity contribution in [1.82, 2.24) is 19.9 Å². The molecule has 4 heterocycles. The van der Waals surface area contributed by atoms with Crippen molar-refractivity contribution >= 4 is 28.2 Å². The van der Waals surface area contributed by atoms with E-state index in [9.17, 15) is 10.1 Å². The van der Waals surface area contributed by atoms with Crippen molar-refractivity contribution in [2.24, 2.45) is 0 Å². The summed E-state index contributed by atoms with van der Waals surface area (Å²) in [5.74, 6) is 0.685. The van der Waals surface area contributed by atoms with E-state index < -0.39 is 0 Å². The van der Waals surface area contributed by atoms with Gasteiger partial charge < -0.3 is 20.1 Å². The minimum atomic E-state index is -0.362. The molecule has 1 aromatic carbocycles. The summed E-state index contributed by atoms with van der Waals surface area (Å²) in [5, 5.41) is 16.4. The number of hydrogen-bond acceptors (Lipinski definition) is 7. The number of H-pyrrole nitrogens is 1. The standard InChI is InChI=1S/C22H27N7O2/c30-29(31)20-21(23-9-5-12-27-10-3-4-11-27)24-15-25-22(20)28-13-8-17-16-6-1-2-7-18(16)26-19(17)14-28/h1-2,6-7,15,26H,3-5,8-14H2,(H,23,24,25). The van der Waals surface area contributed by atoms with Crippen LogP contribution in [0.15, 0.2) is 30.6 Å². The molecule has 0 unspecified atom stereocenters. The molecule has 2 N–H and O–H groups in total. The minimum absolute atomic E-state index is 0.0387. The van der Waals surface area contributed by atoms with Crippen LogP contribution in [0.3, 0.4) is 0 Å². The molecule has 0 aliphatic carbocycles. The van der Waals surface area contributed by atoms with Crippen molar-refractivity contribution < 1.29 is 4.92 Å². The van der Waals surface area contributed by atoms with Crippen LogP contribution in [0.5, 0.6) is 0 Å². The molecule has 0 saturated carbocycles. The number of nitrogens with one attached hydrogen (secondary N) is 2. The number of nitro groups is 1. The fourth-order valence-electron chi connectivity index (χ4n) is 4.79. The molecule has 9 heteroatoms. The molecule has 0 amide bonds. The average molecular weight is 422 g/mol. The van der Waals surface area contributed by atoms with Crippen LogP contribution >= 0.6 is 0 Å². The van der Waals surface area contributed by atoms with Crippen LogP contribution in [0.1, 0.15) is 30.5 Å². The van der Waals surface area contributed by atoms with E-state index in [0.717, 1.165) is 43.7 Å². The number of aromatic nitrogens is 3. The van der Waals surface area contributed by atoms with E-state index in [1.165, 1.54) is 30.1 Å². The first kappa shape index (κ1) is 19.7. The van der Waals surface area contributed by atoms with Crippen molar-refractivity contribution in [1.29, 1.82) is 0 Å². The van der Waals surface area contributed by atoms with Crippen LogP contribution in [0.4, 0.5) is 17.3 Å². The molecule has 162 valence electrons. The maximum absolute atomic E-state index is 12.0. The summed E-state index contributed by atoms with van der Waals surface area (Å²) in [4.78, 5) is 28.0. The molecule has 1 fully saturated rings. The highest BCUT2D eigenvalue weighted by Gasteiger charge is 2.30. The van der Waals surface area contributed by atoms with E-state index >= 15 is 0 Å². The van der Waals surface area contributed by atoms with Gasteiger partial charge in [-0.25, -0.2) is 9.97 Å². The van der Waals surface area contributed by atoms with Gasteiger partial charge in [0.15, 0.2) is 0 Å². The van der Waals surface area contributed by atoms with Gasteiger partial charge in [-0.2, -0.15) is 0 Å². The van der Waals surface area contributed by atoms with E-state index in [1.54, 1.807) is 0 Å². The third kappa shape index (κ3) is 3.93. The third-order valence-electron chi connectivity index (χ3n) is 6.31. The van der Waals surface area contributed by atoms with E-state index in [0.29, 0.717) is 31.3 Å². The first-order chi connectivity index (χ1) is 15.2. The lowest BCUT2D eigenvalue weighted by atomic mass is 10.0. The molecule has 2 aliphatic heterocycles. The number of nitrogens with zero attached hydrogens (tertiary/aromatic N) is 5. The Labute approximate surface area is 180 Å². The molecule has 0 radical (unpaired) electrons. The van der Waals surface area contributed by atoms with Crippen molar-refractivity contribution in [3.8, 4) is 0 Å². The highest BCUT2D eigenvalue weighted by atomic mass is 16.6. The minimum Gasteiger partial charge on any atom is -0.364 e. The summed E-state index contributed by atoms with van der Waals surface area (Å²) >= 11 is 0. The zero-order valence-electron chi connectivity index (χ0n) is 17.5. The predicted molar refractivity (Wildman–Crippen MR) is 121 cm³/mol. The zero-order valence-corrected chi connectivity index (χ0v) is 17.5. The van der Waals surface area contributed by atoms with Crippen LogP contribution in [0, 0.1) is 10.1 Å². The van der Waals surface area contributed by atoms with Crippen LogP contribution in [-0.2, 0) is 13.0 Å². The number of para-hydroxylation sites is 1. The lowest BCUT2D eigenvalue weighted by molar-refractivity contribution is -0.383. The smallest absolute Gasteiger partial charge is 0.353 e. The number of anilines is 2. The molecule has 0 spiro atoms. The zero-order chi connectivity index (χ0) is 21.2. The van der Waals surface area contributed by atoms with Gasteiger partial charge in [0.05, 0.1) is 11.5 Å².